The van der Waals surface area contributed by atoms with Crippen molar-refractivity contribution < 1.29 is 9.47 Å². The number of ether oxygens (including phenoxy) is 2. The van der Waals surface area contributed by atoms with E-state index < -0.39 is 0 Å². The van der Waals surface area contributed by atoms with Gasteiger partial charge in [0, 0.05) is 28.6 Å². The standard InChI is InChI=1S/C17H26BrNO2/c1-11(2)10-21-16-9-15(17(16,3)4)19-14-8-12(20-5)6-7-13(14)18/h6-8,11,15-16,19H,9-10H2,1-5H3. The fourth-order valence-electron chi connectivity index (χ4n) is 2.65. The van der Waals surface area contributed by atoms with Crippen LogP contribution in [0, 0.1) is 11.3 Å². The number of hydrogen-bond donors (Lipinski definition) is 1. The normalized spacial score (nSPS) is 23.8. The smallest absolute Gasteiger partial charge is 0.121 e. The van der Waals surface area contributed by atoms with Crippen molar-refractivity contribution in [1.29, 1.82) is 0 Å². The number of rotatable bonds is 6. The molecule has 21 heavy (non-hydrogen) atoms. The molecule has 1 saturated carbocycles. The van der Waals surface area contributed by atoms with Crippen LogP contribution in [0.1, 0.15) is 34.1 Å². The molecule has 4 heteroatoms. The predicted molar refractivity (Wildman–Crippen MR) is 91.1 cm³/mol. The van der Waals surface area contributed by atoms with Crippen LogP contribution in [-0.2, 0) is 4.74 Å². The lowest BCUT2D eigenvalue weighted by atomic mass is 9.64. The minimum atomic E-state index is 0.136. The molecule has 1 aliphatic rings. The van der Waals surface area contributed by atoms with Gasteiger partial charge in [0.05, 0.1) is 18.9 Å². The predicted octanol–water partition coefficient (Wildman–Crippen LogP) is 4.71. The highest BCUT2D eigenvalue weighted by atomic mass is 79.9. The summed E-state index contributed by atoms with van der Waals surface area (Å²) in [5.74, 6) is 1.45. The van der Waals surface area contributed by atoms with E-state index in [1.807, 2.05) is 18.2 Å². The van der Waals surface area contributed by atoms with Crippen LogP contribution in [0.4, 0.5) is 5.69 Å². The van der Waals surface area contributed by atoms with Gasteiger partial charge in [-0.2, -0.15) is 0 Å². The van der Waals surface area contributed by atoms with Crippen molar-refractivity contribution in [2.24, 2.45) is 11.3 Å². The molecule has 0 radical (unpaired) electrons. The summed E-state index contributed by atoms with van der Waals surface area (Å²) in [7, 11) is 1.69. The van der Waals surface area contributed by atoms with Gasteiger partial charge in [0.25, 0.3) is 0 Å². The average Bonchev–Trinajstić information content (AvgIpc) is 2.43. The van der Waals surface area contributed by atoms with Crippen LogP contribution in [0.25, 0.3) is 0 Å². The van der Waals surface area contributed by atoms with Crippen molar-refractivity contribution in [3.63, 3.8) is 0 Å². The molecule has 1 fully saturated rings. The Labute approximate surface area is 136 Å². The summed E-state index contributed by atoms with van der Waals surface area (Å²) in [5, 5.41) is 3.62. The lowest BCUT2D eigenvalue weighted by molar-refractivity contribution is -0.108. The lowest BCUT2D eigenvalue weighted by Crippen LogP contribution is -2.58. The largest absolute Gasteiger partial charge is 0.497 e. The topological polar surface area (TPSA) is 30.5 Å². The maximum absolute atomic E-state index is 6.02. The number of benzene rings is 1. The van der Waals surface area contributed by atoms with E-state index in [-0.39, 0.29) is 5.41 Å². The molecular formula is C17H26BrNO2. The number of hydrogen-bond acceptors (Lipinski definition) is 3. The summed E-state index contributed by atoms with van der Waals surface area (Å²) in [6.45, 7) is 9.76. The quantitative estimate of drug-likeness (QED) is 0.801. The number of anilines is 1. The molecule has 1 aromatic carbocycles. The first-order chi connectivity index (χ1) is 9.84. The van der Waals surface area contributed by atoms with E-state index in [1.54, 1.807) is 7.11 Å². The highest BCUT2D eigenvalue weighted by molar-refractivity contribution is 9.10. The number of nitrogens with one attached hydrogen (secondary N) is 1. The lowest BCUT2D eigenvalue weighted by Gasteiger charge is -2.52. The Bertz CT molecular complexity index is 488. The molecule has 2 rings (SSSR count). The fourth-order valence-corrected chi connectivity index (χ4v) is 3.01. The van der Waals surface area contributed by atoms with E-state index in [9.17, 15) is 0 Å². The minimum absolute atomic E-state index is 0.136. The zero-order valence-electron chi connectivity index (χ0n) is 13.6. The first kappa shape index (κ1) is 16.6. The van der Waals surface area contributed by atoms with Crippen LogP contribution in [0.2, 0.25) is 0 Å². The van der Waals surface area contributed by atoms with Crippen molar-refractivity contribution in [2.75, 3.05) is 19.0 Å². The minimum Gasteiger partial charge on any atom is -0.497 e. The second-order valence-corrected chi connectivity index (χ2v) is 7.67. The molecule has 2 unspecified atom stereocenters. The summed E-state index contributed by atoms with van der Waals surface area (Å²) >= 11 is 3.59. The fraction of sp³-hybridized carbons (Fsp3) is 0.647. The van der Waals surface area contributed by atoms with Gasteiger partial charge in [-0.1, -0.05) is 27.7 Å². The first-order valence-corrected chi connectivity index (χ1v) is 8.35. The molecule has 1 aliphatic carbocycles. The molecule has 0 spiro atoms. The molecule has 0 heterocycles. The second-order valence-electron chi connectivity index (χ2n) is 6.82. The molecule has 2 atom stereocenters. The van der Waals surface area contributed by atoms with Gasteiger partial charge in [0.2, 0.25) is 0 Å². The van der Waals surface area contributed by atoms with Gasteiger partial charge in [0.1, 0.15) is 5.75 Å². The van der Waals surface area contributed by atoms with E-state index in [0.29, 0.717) is 18.1 Å². The third-order valence-electron chi connectivity index (χ3n) is 4.31. The van der Waals surface area contributed by atoms with E-state index >= 15 is 0 Å². The maximum atomic E-state index is 6.02. The molecular weight excluding hydrogens is 330 g/mol. The summed E-state index contributed by atoms with van der Waals surface area (Å²) in [4.78, 5) is 0. The van der Waals surface area contributed by atoms with Gasteiger partial charge in [0.15, 0.2) is 0 Å². The summed E-state index contributed by atoms with van der Waals surface area (Å²) in [5.41, 5.74) is 1.21. The summed E-state index contributed by atoms with van der Waals surface area (Å²) in [6, 6.07) is 6.41. The van der Waals surface area contributed by atoms with Gasteiger partial charge in [-0.05, 0) is 40.4 Å². The zero-order chi connectivity index (χ0) is 15.6. The molecule has 0 aromatic heterocycles. The van der Waals surface area contributed by atoms with Crippen molar-refractivity contribution in [2.45, 2.75) is 46.3 Å². The van der Waals surface area contributed by atoms with Crippen LogP contribution in [0.5, 0.6) is 5.75 Å². The van der Waals surface area contributed by atoms with Crippen molar-refractivity contribution in [3.8, 4) is 5.75 Å². The Morgan fingerprint density at radius 1 is 1.38 bits per heavy atom. The Kier molecular flexibility index (Phi) is 5.20. The zero-order valence-corrected chi connectivity index (χ0v) is 15.2. The van der Waals surface area contributed by atoms with Gasteiger partial charge in [-0.3, -0.25) is 0 Å². The van der Waals surface area contributed by atoms with Gasteiger partial charge >= 0.3 is 0 Å². The molecule has 0 aliphatic heterocycles. The number of methoxy groups -OCH3 is 1. The average molecular weight is 356 g/mol. The maximum Gasteiger partial charge on any atom is 0.121 e. The Morgan fingerprint density at radius 3 is 2.67 bits per heavy atom. The van der Waals surface area contributed by atoms with E-state index in [0.717, 1.165) is 28.9 Å². The van der Waals surface area contributed by atoms with Gasteiger partial charge in [-0.15, -0.1) is 0 Å². The third-order valence-corrected chi connectivity index (χ3v) is 5.00. The van der Waals surface area contributed by atoms with Crippen molar-refractivity contribution >= 4 is 21.6 Å². The molecule has 3 nitrogen and oxygen atoms in total. The SMILES string of the molecule is COc1ccc(Br)c(NC2CC(OCC(C)C)C2(C)C)c1. The second kappa shape index (κ2) is 6.57. The Hall–Kier alpha value is -0.740. The van der Waals surface area contributed by atoms with Crippen LogP contribution in [0.15, 0.2) is 22.7 Å². The molecule has 118 valence electrons. The van der Waals surface area contributed by atoms with E-state index in [2.05, 4.69) is 48.9 Å². The third kappa shape index (κ3) is 3.72. The monoisotopic (exact) mass is 355 g/mol. The number of halogens is 1. The highest BCUT2D eigenvalue weighted by Crippen LogP contribution is 2.45. The Morgan fingerprint density at radius 2 is 2.10 bits per heavy atom. The molecule has 0 saturated heterocycles. The van der Waals surface area contributed by atoms with Crippen LogP contribution in [0.3, 0.4) is 0 Å². The van der Waals surface area contributed by atoms with Crippen molar-refractivity contribution in [3.05, 3.63) is 22.7 Å². The molecule has 1 aromatic rings. The molecule has 1 N–H and O–H groups in total. The van der Waals surface area contributed by atoms with Crippen molar-refractivity contribution in [1.82, 2.24) is 0 Å². The highest BCUT2D eigenvalue weighted by Gasteiger charge is 2.49. The summed E-state index contributed by atoms with van der Waals surface area (Å²) < 4.78 is 12.4. The van der Waals surface area contributed by atoms with Crippen LogP contribution < -0.4 is 10.1 Å². The van der Waals surface area contributed by atoms with Gasteiger partial charge in [-0.25, -0.2) is 0 Å². The Balaban J connectivity index is 1.99. The van der Waals surface area contributed by atoms with E-state index in [1.165, 1.54) is 0 Å². The van der Waals surface area contributed by atoms with Crippen LogP contribution >= 0.6 is 15.9 Å². The summed E-state index contributed by atoms with van der Waals surface area (Å²) in [6.07, 6.45) is 1.38. The first-order valence-electron chi connectivity index (χ1n) is 7.56. The van der Waals surface area contributed by atoms with Gasteiger partial charge < -0.3 is 14.8 Å². The van der Waals surface area contributed by atoms with E-state index in [4.69, 9.17) is 9.47 Å². The molecule has 0 bridgehead atoms. The van der Waals surface area contributed by atoms with Crippen LogP contribution in [-0.4, -0.2) is 25.9 Å². The molecule has 0 amide bonds.